The van der Waals surface area contributed by atoms with Crippen LogP contribution in [0, 0.1) is 11.8 Å². The molecule has 2 atom stereocenters. The molecule has 1 aromatic carbocycles. The number of carbonyl (C=O) groups excluding carboxylic acids is 2. The first kappa shape index (κ1) is 22.6. The molecule has 1 aliphatic rings. The maximum absolute atomic E-state index is 13.1. The number of rotatable bonds is 5. The van der Waals surface area contributed by atoms with E-state index < -0.39 is 28.0 Å². The second-order valence-electron chi connectivity index (χ2n) is 6.26. The Morgan fingerprint density at radius 1 is 1.24 bits per heavy atom. The van der Waals surface area contributed by atoms with Crippen molar-refractivity contribution in [1.82, 2.24) is 14.7 Å². The third kappa shape index (κ3) is 5.04. The minimum Gasteiger partial charge on any atom is -0.481 e. The predicted molar refractivity (Wildman–Crippen MR) is 101 cm³/mol. The molecule has 2 amide bonds. The zero-order valence-electron chi connectivity index (χ0n) is 16.0. The Labute approximate surface area is 169 Å². The summed E-state index contributed by atoms with van der Waals surface area (Å²) in [5, 5.41) is 17.7. The van der Waals surface area contributed by atoms with Gasteiger partial charge in [0.1, 0.15) is 25.0 Å². The van der Waals surface area contributed by atoms with Crippen molar-refractivity contribution in [2.45, 2.75) is 30.8 Å². The minimum absolute atomic E-state index is 0.0376. The van der Waals surface area contributed by atoms with Crippen molar-refractivity contribution in [3.63, 3.8) is 0 Å². The molecule has 0 saturated carbocycles. The van der Waals surface area contributed by atoms with Crippen molar-refractivity contribution in [3.8, 4) is 17.6 Å². The van der Waals surface area contributed by atoms with Crippen molar-refractivity contribution < 1.29 is 33.1 Å². The summed E-state index contributed by atoms with van der Waals surface area (Å²) in [4.78, 5) is 25.3. The highest BCUT2D eigenvalue weighted by Crippen LogP contribution is 2.26. The monoisotopic (exact) mass is 425 g/mol. The summed E-state index contributed by atoms with van der Waals surface area (Å²) in [6.07, 6.45) is 0. The normalized spacial score (nSPS) is 19.8. The first-order valence-electron chi connectivity index (χ1n) is 8.76. The first-order chi connectivity index (χ1) is 13.7. The van der Waals surface area contributed by atoms with Gasteiger partial charge in [-0.15, -0.1) is 0 Å². The Balaban J connectivity index is 2.28. The number of nitrogens with one attached hydrogen (secondary N) is 1. The maximum Gasteiger partial charge on any atom is 0.263 e. The van der Waals surface area contributed by atoms with Crippen LogP contribution in [0.5, 0.6) is 5.75 Å². The van der Waals surface area contributed by atoms with Gasteiger partial charge in [-0.3, -0.25) is 14.8 Å². The van der Waals surface area contributed by atoms with Crippen molar-refractivity contribution >= 4 is 21.8 Å². The standard InChI is InChI=1S/C18H23N3O7S/c1-13-17(18(24)19-25)21(10-9-20(13)14(2)23)29(26,27)16-7-5-15(6-8-16)28-12-4-3-11-22/h5-8,13,17,22,25H,9-12H2,1-2H3,(H,19,24). The minimum atomic E-state index is -4.09. The molecule has 1 heterocycles. The molecule has 1 fully saturated rings. The summed E-state index contributed by atoms with van der Waals surface area (Å²) < 4.78 is 32.5. The molecule has 0 radical (unpaired) electrons. The summed E-state index contributed by atoms with van der Waals surface area (Å²) in [5.41, 5.74) is 1.49. The fraction of sp³-hybridized carbons (Fsp3) is 0.444. The van der Waals surface area contributed by atoms with E-state index in [1.807, 2.05) is 0 Å². The lowest BCUT2D eigenvalue weighted by atomic mass is 10.0. The molecule has 1 aliphatic heterocycles. The van der Waals surface area contributed by atoms with Crippen LogP contribution in [-0.2, 0) is 19.6 Å². The van der Waals surface area contributed by atoms with Crippen molar-refractivity contribution in [2.75, 3.05) is 26.3 Å². The molecule has 0 aromatic heterocycles. The molecule has 11 heteroatoms. The molecule has 1 aromatic rings. The lowest BCUT2D eigenvalue weighted by Crippen LogP contribution is -2.65. The van der Waals surface area contributed by atoms with Crippen molar-refractivity contribution in [3.05, 3.63) is 24.3 Å². The van der Waals surface area contributed by atoms with Gasteiger partial charge in [0.2, 0.25) is 15.9 Å². The number of sulfonamides is 1. The second kappa shape index (κ2) is 9.71. The first-order valence-corrected chi connectivity index (χ1v) is 10.2. The summed E-state index contributed by atoms with van der Waals surface area (Å²) in [7, 11) is -4.09. The summed E-state index contributed by atoms with van der Waals surface area (Å²) >= 11 is 0. The number of amides is 2. The number of hydroxylamine groups is 1. The number of piperazine rings is 1. The van der Waals surface area contributed by atoms with E-state index in [4.69, 9.17) is 15.1 Å². The lowest BCUT2D eigenvalue weighted by molar-refractivity contribution is -0.142. The number of aliphatic hydroxyl groups is 1. The van der Waals surface area contributed by atoms with E-state index in [0.717, 1.165) is 4.31 Å². The number of nitrogens with zero attached hydrogens (tertiary/aromatic N) is 2. The molecular formula is C18H23N3O7S. The number of benzene rings is 1. The third-order valence-corrected chi connectivity index (χ3v) is 6.44. The molecule has 3 N–H and O–H groups in total. The smallest absolute Gasteiger partial charge is 0.263 e. The average Bonchev–Trinajstić information content (AvgIpc) is 2.70. The van der Waals surface area contributed by atoms with Crippen LogP contribution < -0.4 is 10.2 Å². The van der Waals surface area contributed by atoms with Gasteiger partial charge in [0.25, 0.3) is 5.91 Å². The molecule has 0 bridgehead atoms. The van der Waals surface area contributed by atoms with Gasteiger partial charge in [0.15, 0.2) is 0 Å². The highest BCUT2D eigenvalue weighted by atomic mass is 32.2. The largest absolute Gasteiger partial charge is 0.481 e. The van der Waals surface area contributed by atoms with E-state index in [1.54, 1.807) is 6.92 Å². The Morgan fingerprint density at radius 2 is 1.90 bits per heavy atom. The van der Waals surface area contributed by atoms with Crippen LogP contribution in [0.4, 0.5) is 0 Å². The second-order valence-corrected chi connectivity index (χ2v) is 8.15. The van der Waals surface area contributed by atoms with Crippen LogP contribution >= 0.6 is 0 Å². The van der Waals surface area contributed by atoms with E-state index in [-0.39, 0.29) is 37.1 Å². The number of carbonyl (C=O) groups is 2. The number of hydrogen-bond donors (Lipinski definition) is 3. The quantitative estimate of drug-likeness (QED) is 0.318. The fourth-order valence-electron chi connectivity index (χ4n) is 3.16. The van der Waals surface area contributed by atoms with Crippen molar-refractivity contribution in [2.24, 2.45) is 0 Å². The molecule has 2 unspecified atom stereocenters. The van der Waals surface area contributed by atoms with E-state index >= 15 is 0 Å². The summed E-state index contributed by atoms with van der Waals surface area (Å²) in [6, 6.07) is 3.51. The van der Waals surface area contributed by atoms with Gasteiger partial charge in [-0.25, -0.2) is 13.9 Å². The molecule has 158 valence electrons. The van der Waals surface area contributed by atoms with E-state index in [2.05, 4.69) is 11.8 Å². The Bertz CT molecular complexity index is 906. The zero-order chi connectivity index (χ0) is 21.6. The molecule has 0 spiro atoms. The van der Waals surface area contributed by atoms with Crippen LogP contribution in [-0.4, -0.2) is 78.1 Å². The summed E-state index contributed by atoms with van der Waals surface area (Å²) in [6.45, 7) is 2.66. The van der Waals surface area contributed by atoms with Crippen LogP contribution in [0.15, 0.2) is 29.2 Å². The van der Waals surface area contributed by atoms with E-state index in [9.17, 15) is 18.0 Å². The molecule has 0 aliphatic carbocycles. The van der Waals surface area contributed by atoms with Crippen LogP contribution in [0.25, 0.3) is 0 Å². The highest BCUT2D eigenvalue weighted by Gasteiger charge is 2.45. The van der Waals surface area contributed by atoms with Gasteiger partial charge in [0, 0.05) is 20.0 Å². The molecule has 29 heavy (non-hydrogen) atoms. The van der Waals surface area contributed by atoms with Gasteiger partial charge in [-0.2, -0.15) is 4.31 Å². The zero-order valence-corrected chi connectivity index (χ0v) is 16.8. The number of aliphatic hydroxyl groups excluding tert-OH is 1. The Morgan fingerprint density at radius 3 is 2.45 bits per heavy atom. The van der Waals surface area contributed by atoms with Gasteiger partial charge in [-0.05, 0) is 31.2 Å². The maximum atomic E-state index is 13.1. The van der Waals surface area contributed by atoms with Gasteiger partial charge < -0.3 is 14.7 Å². The Hall–Kier alpha value is -2.65. The predicted octanol–water partition coefficient (Wildman–Crippen LogP) is -0.824. The number of hydrogen-bond acceptors (Lipinski definition) is 7. The lowest BCUT2D eigenvalue weighted by Gasteiger charge is -2.43. The van der Waals surface area contributed by atoms with Gasteiger partial charge in [0.05, 0.1) is 10.9 Å². The third-order valence-electron chi connectivity index (χ3n) is 4.55. The van der Waals surface area contributed by atoms with Crippen molar-refractivity contribution in [1.29, 1.82) is 0 Å². The van der Waals surface area contributed by atoms with E-state index in [0.29, 0.717) is 5.75 Å². The molecule has 1 saturated heterocycles. The summed E-state index contributed by atoms with van der Waals surface area (Å²) in [5.74, 6) is 4.17. The van der Waals surface area contributed by atoms with E-state index in [1.165, 1.54) is 41.6 Å². The van der Waals surface area contributed by atoms with Crippen LogP contribution in [0.1, 0.15) is 13.8 Å². The Kier molecular flexibility index (Phi) is 7.58. The molecule has 2 rings (SSSR count). The fourth-order valence-corrected chi connectivity index (χ4v) is 4.80. The highest BCUT2D eigenvalue weighted by molar-refractivity contribution is 7.89. The van der Waals surface area contributed by atoms with Crippen LogP contribution in [0.2, 0.25) is 0 Å². The topological polar surface area (TPSA) is 136 Å². The molecule has 10 nitrogen and oxygen atoms in total. The van der Waals surface area contributed by atoms with Crippen LogP contribution in [0.3, 0.4) is 0 Å². The molecular weight excluding hydrogens is 402 g/mol. The SMILES string of the molecule is CC(=O)N1CCN(S(=O)(=O)c2ccc(OCC#CCO)cc2)C(C(=O)NO)C1C. The van der Waals surface area contributed by atoms with Gasteiger partial charge >= 0.3 is 0 Å². The van der Waals surface area contributed by atoms with Gasteiger partial charge in [-0.1, -0.05) is 11.8 Å². The average molecular weight is 425 g/mol. The number of ether oxygens (including phenoxy) is 1.